The van der Waals surface area contributed by atoms with Crippen molar-refractivity contribution in [2.75, 3.05) is 25.5 Å². The van der Waals surface area contributed by atoms with E-state index in [-0.39, 0.29) is 5.91 Å². The highest BCUT2D eigenvalue weighted by atomic mass is 32.2. The fourth-order valence-corrected chi connectivity index (χ4v) is 2.39. The van der Waals surface area contributed by atoms with E-state index >= 15 is 0 Å². The van der Waals surface area contributed by atoms with Gasteiger partial charge in [-0.25, -0.2) is 0 Å². The Hall–Kier alpha value is -1.36. The average molecular weight is 281 g/mol. The van der Waals surface area contributed by atoms with Crippen LogP contribution in [0, 0.1) is 5.92 Å². The Morgan fingerprint density at radius 1 is 1.32 bits per heavy atom. The Balaban J connectivity index is 1.84. The van der Waals surface area contributed by atoms with Gasteiger partial charge in [0.05, 0.1) is 5.75 Å². The van der Waals surface area contributed by atoms with Gasteiger partial charge in [0.15, 0.2) is 11.5 Å². The third-order valence-corrected chi connectivity index (χ3v) is 3.58. The van der Waals surface area contributed by atoms with Crippen molar-refractivity contribution in [2.24, 2.45) is 5.92 Å². The lowest BCUT2D eigenvalue weighted by atomic mass is 10.2. The van der Waals surface area contributed by atoms with Crippen molar-refractivity contribution in [1.29, 1.82) is 0 Å². The average Bonchev–Trinajstić information content (AvgIpc) is 2.42. The molecule has 0 atom stereocenters. The van der Waals surface area contributed by atoms with E-state index in [1.807, 2.05) is 18.2 Å². The molecule has 0 saturated heterocycles. The monoisotopic (exact) mass is 281 g/mol. The van der Waals surface area contributed by atoms with Crippen molar-refractivity contribution in [2.45, 2.75) is 18.7 Å². The Bertz CT molecular complexity index is 448. The van der Waals surface area contributed by atoms with Gasteiger partial charge in [0.2, 0.25) is 5.91 Å². The number of ether oxygens (including phenoxy) is 2. The summed E-state index contributed by atoms with van der Waals surface area (Å²) in [6.07, 6.45) is 0. The van der Waals surface area contributed by atoms with Gasteiger partial charge in [0, 0.05) is 11.4 Å². The summed E-state index contributed by atoms with van der Waals surface area (Å²) in [5, 5.41) is 2.90. The Labute approximate surface area is 117 Å². The summed E-state index contributed by atoms with van der Waals surface area (Å²) in [6.45, 7) is 6.05. The molecule has 2 rings (SSSR count). The van der Waals surface area contributed by atoms with Crippen molar-refractivity contribution in [3.05, 3.63) is 18.2 Å². The number of rotatable bonds is 5. The lowest BCUT2D eigenvalue weighted by molar-refractivity contribution is -0.118. The number of amides is 1. The van der Waals surface area contributed by atoms with Crippen LogP contribution in [0.4, 0.5) is 0 Å². The van der Waals surface area contributed by atoms with Gasteiger partial charge < -0.3 is 14.8 Å². The molecule has 104 valence electrons. The van der Waals surface area contributed by atoms with Gasteiger partial charge in [-0.2, -0.15) is 0 Å². The van der Waals surface area contributed by atoms with Gasteiger partial charge in [-0.1, -0.05) is 13.8 Å². The molecule has 1 heterocycles. The second-order valence-electron chi connectivity index (χ2n) is 4.79. The van der Waals surface area contributed by atoms with Gasteiger partial charge >= 0.3 is 0 Å². The van der Waals surface area contributed by atoms with Gasteiger partial charge in [0.1, 0.15) is 13.2 Å². The zero-order valence-corrected chi connectivity index (χ0v) is 12.1. The predicted octanol–water partition coefficient (Wildman–Crippen LogP) is 2.32. The fraction of sp³-hybridized carbons (Fsp3) is 0.500. The molecule has 1 N–H and O–H groups in total. The number of carbonyl (C=O) groups is 1. The maximum Gasteiger partial charge on any atom is 0.230 e. The van der Waals surface area contributed by atoms with Gasteiger partial charge in [-0.05, 0) is 24.1 Å². The highest BCUT2D eigenvalue weighted by Crippen LogP contribution is 2.33. The minimum Gasteiger partial charge on any atom is -0.486 e. The lowest BCUT2D eigenvalue weighted by Crippen LogP contribution is -2.28. The molecule has 0 radical (unpaired) electrons. The number of nitrogens with one attached hydrogen (secondary N) is 1. The SMILES string of the molecule is CC(C)CNC(=O)CSc1ccc2c(c1)OCCO2. The topological polar surface area (TPSA) is 47.6 Å². The smallest absolute Gasteiger partial charge is 0.230 e. The van der Waals surface area contributed by atoms with Crippen LogP contribution >= 0.6 is 11.8 Å². The third kappa shape index (κ3) is 4.35. The van der Waals surface area contributed by atoms with Crippen LogP contribution in [0.3, 0.4) is 0 Å². The van der Waals surface area contributed by atoms with E-state index in [0.29, 0.717) is 24.9 Å². The van der Waals surface area contributed by atoms with Gasteiger partial charge in [-0.15, -0.1) is 11.8 Å². The largest absolute Gasteiger partial charge is 0.486 e. The van der Waals surface area contributed by atoms with E-state index in [2.05, 4.69) is 19.2 Å². The van der Waals surface area contributed by atoms with Crippen LogP contribution in [0.25, 0.3) is 0 Å². The molecule has 0 bridgehead atoms. The molecule has 4 nitrogen and oxygen atoms in total. The molecule has 1 aromatic carbocycles. The molecule has 0 aromatic heterocycles. The minimum atomic E-state index is 0.0635. The van der Waals surface area contributed by atoms with E-state index in [0.717, 1.165) is 22.9 Å². The summed E-state index contributed by atoms with van der Waals surface area (Å²) in [7, 11) is 0. The zero-order valence-electron chi connectivity index (χ0n) is 11.3. The quantitative estimate of drug-likeness (QED) is 0.842. The van der Waals surface area contributed by atoms with Crippen LogP contribution in [0.2, 0.25) is 0 Å². The Kier molecular flexibility index (Phi) is 4.96. The van der Waals surface area contributed by atoms with Crippen molar-refractivity contribution in [1.82, 2.24) is 5.32 Å². The first-order chi connectivity index (χ1) is 9.15. The summed E-state index contributed by atoms with van der Waals surface area (Å²) in [6, 6.07) is 5.77. The molecule has 0 saturated carbocycles. The maximum atomic E-state index is 11.6. The first-order valence-corrected chi connectivity index (χ1v) is 7.43. The zero-order chi connectivity index (χ0) is 13.7. The van der Waals surface area contributed by atoms with E-state index in [4.69, 9.17) is 9.47 Å². The highest BCUT2D eigenvalue weighted by molar-refractivity contribution is 8.00. The van der Waals surface area contributed by atoms with Crippen molar-refractivity contribution in [3.63, 3.8) is 0 Å². The molecule has 0 aliphatic carbocycles. The number of hydrogen-bond donors (Lipinski definition) is 1. The van der Waals surface area contributed by atoms with E-state index < -0.39 is 0 Å². The summed E-state index contributed by atoms with van der Waals surface area (Å²) >= 11 is 1.51. The first kappa shape index (κ1) is 14.1. The van der Waals surface area contributed by atoms with Crippen LogP contribution in [-0.4, -0.2) is 31.4 Å². The normalized spacial score (nSPS) is 13.4. The summed E-state index contributed by atoms with van der Waals surface area (Å²) in [5.41, 5.74) is 0. The van der Waals surface area contributed by atoms with Crippen LogP contribution in [0.5, 0.6) is 11.5 Å². The van der Waals surface area contributed by atoms with E-state index in [9.17, 15) is 4.79 Å². The molecule has 1 aliphatic rings. The van der Waals surface area contributed by atoms with Crippen molar-refractivity contribution >= 4 is 17.7 Å². The van der Waals surface area contributed by atoms with Gasteiger partial charge in [0.25, 0.3) is 0 Å². The fourth-order valence-electron chi connectivity index (χ4n) is 1.63. The summed E-state index contributed by atoms with van der Waals surface area (Å²) < 4.78 is 11.0. The number of thioether (sulfide) groups is 1. The maximum absolute atomic E-state index is 11.6. The number of hydrogen-bond acceptors (Lipinski definition) is 4. The highest BCUT2D eigenvalue weighted by Gasteiger charge is 2.12. The number of benzene rings is 1. The second kappa shape index (κ2) is 6.70. The lowest BCUT2D eigenvalue weighted by Gasteiger charge is -2.18. The third-order valence-electron chi connectivity index (χ3n) is 2.59. The molecular weight excluding hydrogens is 262 g/mol. The summed E-state index contributed by atoms with van der Waals surface area (Å²) in [4.78, 5) is 12.6. The number of fused-ring (bicyclic) bond motifs is 1. The molecular formula is C14H19NO3S. The standard InChI is InChI=1S/C14H19NO3S/c1-10(2)8-15-14(16)9-19-11-3-4-12-13(7-11)18-6-5-17-12/h3-4,7,10H,5-6,8-9H2,1-2H3,(H,15,16). The number of carbonyl (C=O) groups excluding carboxylic acids is 1. The minimum absolute atomic E-state index is 0.0635. The molecule has 0 fully saturated rings. The second-order valence-corrected chi connectivity index (χ2v) is 5.84. The van der Waals surface area contributed by atoms with Crippen LogP contribution in [-0.2, 0) is 4.79 Å². The predicted molar refractivity (Wildman–Crippen MR) is 76.0 cm³/mol. The van der Waals surface area contributed by atoms with Gasteiger partial charge in [-0.3, -0.25) is 4.79 Å². The molecule has 0 spiro atoms. The van der Waals surface area contributed by atoms with E-state index in [1.54, 1.807) is 0 Å². The molecule has 1 aliphatic heterocycles. The van der Waals surface area contributed by atoms with Crippen LogP contribution < -0.4 is 14.8 Å². The van der Waals surface area contributed by atoms with Crippen LogP contribution in [0.1, 0.15) is 13.8 Å². The Morgan fingerprint density at radius 2 is 2.05 bits per heavy atom. The van der Waals surface area contributed by atoms with E-state index in [1.165, 1.54) is 11.8 Å². The van der Waals surface area contributed by atoms with Crippen molar-refractivity contribution < 1.29 is 14.3 Å². The molecule has 1 aromatic rings. The molecule has 5 heteroatoms. The Morgan fingerprint density at radius 3 is 2.79 bits per heavy atom. The molecule has 19 heavy (non-hydrogen) atoms. The first-order valence-electron chi connectivity index (χ1n) is 6.44. The molecule has 1 amide bonds. The molecule has 0 unspecified atom stereocenters. The van der Waals surface area contributed by atoms with Crippen LogP contribution in [0.15, 0.2) is 23.1 Å². The van der Waals surface area contributed by atoms with Crippen molar-refractivity contribution in [3.8, 4) is 11.5 Å². The summed E-state index contributed by atoms with van der Waals surface area (Å²) in [5.74, 6) is 2.50.